The number of hydrogen-bond donors (Lipinski definition) is 1. The highest BCUT2D eigenvalue weighted by atomic mass is 32.2. The number of carbonyl (C=O) groups excluding carboxylic acids is 1. The zero-order chi connectivity index (χ0) is 20.3. The molecule has 0 radical (unpaired) electrons. The summed E-state index contributed by atoms with van der Waals surface area (Å²) in [5.74, 6) is -1.17. The van der Waals surface area contributed by atoms with E-state index in [1.807, 2.05) is 0 Å². The summed E-state index contributed by atoms with van der Waals surface area (Å²) < 4.78 is 5.53. The number of benzene rings is 2. The first-order valence-corrected chi connectivity index (χ1v) is 9.05. The van der Waals surface area contributed by atoms with Gasteiger partial charge in [-0.2, -0.15) is 0 Å². The second-order valence-corrected chi connectivity index (χ2v) is 7.19. The number of thiocarbonyl (C=S) groups is 1. The number of para-hydroxylation sites is 1. The highest BCUT2D eigenvalue weighted by molar-refractivity contribution is 8.27. The highest BCUT2D eigenvalue weighted by Crippen LogP contribution is 2.37. The predicted molar refractivity (Wildman–Crippen MR) is 108 cm³/mol. The lowest BCUT2D eigenvalue weighted by Crippen LogP contribution is -2.27. The normalized spacial score (nSPS) is 15.1. The summed E-state index contributed by atoms with van der Waals surface area (Å²) in [6.45, 7) is -0.505. The Hall–Kier alpha value is -3.24. The van der Waals surface area contributed by atoms with E-state index in [1.165, 1.54) is 29.2 Å². The quantitative estimate of drug-likeness (QED) is 0.330. The van der Waals surface area contributed by atoms with Crippen LogP contribution in [-0.4, -0.2) is 32.8 Å². The molecule has 1 heterocycles. The van der Waals surface area contributed by atoms with Crippen LogP contribution in [0.1, 0.15) is 5.56 Å². The van der Waals surface area contributed by atoms with Gasteiger partial charge in [0.05, 0.1) is 15.5 Å². The minimum atomic E-state index is -1.11. The van der Waals surface area contributed by atoms with Crippen LogP contribution in [0, 0.1) is 10.1 Å². The van der Waals surface area contributed by atoms with Crippen LogP contribution in [0.2, 0.25) is 0 Å². The van der Waals surface area contributed by atoms with Crippen molar-refractivity contribution in [2.24, 2.45) is 0 Å². The number of anilines is 1. The number of nitrogens with zero attached hydrogens (tertiary/aromatic N) is 2. The monoisotopic (exact) mass is 416 g/mol. The number of carboxylic acids is 1. The zero-order valence-electron chi connectivity index (χ0n) is 14.1. The lowest BCUT2D eigenvalue weighted by molar-refractivity contribution is -0.384. The van der Waals surface area contributed by atoms with Gasteiger partial charge in [0.25, 0.3) is 11.6 Å². The number of nitro groups is 1. The zero-order valence-corrected chi connectivity index (χ0v) is 15.7. The van der Waals surface area contributed by atoms with Crippen LogP contribution in [0.15, 0.2) is 53.4 Å². The molecule has 2 aromatic carbocycles. The topological polar surface area (TPSA) is 110 Å². The van der Waals surface area contributed by atoms with Gasteiger partial charge < -0.3 is 9.84 Å². The molecule has 0 aromatic heterocycles. The van der Waals surface area contributed by atoms with Crippen molar-refractivity contribution in [2.45, 2.75) is 0 Å². The third kappa shape index (κ3) is 4.18. The van der Waals surface area contributed by atoms with E-state index < -0.39 is 17.5 Å². The summed E-state index contributed by atoms with van der Waals surface area (Å²) >= 11 is 6.36. The van der Waals surface area contributed by atoms with Crippen LogP contribution < -0.4 is 9.64 Å². The molecule has 8 nitrogen and oxygen atoms in total. The molecule has 1 amide bonds. The SMILES string of the molecule is O=C(O)COc1ccccc1/C=C1\SC(=S)N(c2ccc([N+](=O)[O-])cc2)C1=O. The molecule has 0 spiro atoms. The second kappa shape index (κ2) is 8.19. The Kier molecular flexibility index (Phi) is 5.71. The molecule has 1 aliphatic heterocycles. The Labute approximate surface area is 168 Å². The van der Waals surface area contributed by atoms with E-state index in [4.69, 9.17) is 22.1 Å². The number of ether oxygens (including phenoxy) is 1. The Bertz CT molecular complexity index is 1000. The Morgan fingerprint density at radius 3 is 2.57 bits per heavy atom. The van der Waals surface area contributed by atoms with Crippen molar-refractivity contribution in [3.63, 3.8) is 0 Å². The number of nitro benzene ring substituents is 1. The van der Waals surface area contributed by atoms with Crippen molar-refractivity contribution in [2.75, 3.05) is 11.5 Å². The van der Waals surface area contributed by atoms with Gasteiger partial charge in [-0.15, -0.1) is 0 Å². The van der Waals surface area contributed by atoms with E-state index in [9.17, 15) is 19.7 Å². The fourth-order valence-electron chi connectivity index (χ4n) is 2.43. The van der Waals surface area contributed by atoms with Crippen LogP contribution >= 0.6 is 24.0 Å². The van der Waals surface area contributed by atoms with Crippen LogP contribution in [0.3, 0.4) is 0 Å². The van der Waals surface area contributed by atoms with Crippen LogP contribution in [0.5, 0.6) is 5.75 Å². The first-order chi connectivity index (χ1) is 13.4. The minimum absolute atomic E-state index is 0.0887. The maximum atomic E-state index is 12.8. The number of carbonyl (C=O) groups is 2. The van der Waals surface area contributed by atoms with E-state index in [0.717, 1.165) is 11.8 Å². The third-order valence-electron chi connectivity index (χ3n) is 3.67. The molecule has 1 N–H and O–H groups in total. The lowest BCUT2D eigenvalue weighted by atomic mass is 10.2. The molecule has 10 heteroatoms. The molecular formula is C18H12N2O6S2. The van der Waals surface area contributed by atoms with Gasteiger partial charge in [0, 0.05) is 17.7 Å². The molecule has 28 heavy (non-hydrogen) atoms. The van der Waals surface area contributed by atoms with Gasteiger partial charge in [-0.1, -0.05) is 42.2 Å². The molecule has 1 saturated heterocycles. The number of rotatable bonds is 6. The number of aliphatic carboxylic acids is 1. The van der Waals surface area contributed by atoms with Gasteiger partial charge in [-0.25, -0.2) is 4.79 Å². The van der Waals surface area contributed by atoms with Crippen molar-refractivity contribution < 1.29 is 24.4 Å². The number of non-ortho nitro benzene ring substituents is 1. The van der Waals surface area contributed by atoms with E-state index in [0.29, 0.717) is 21.9 Å². The number of thioether (sulfide) groups is 1. The molecule has 3 rings (SSSR count). The second-order valence-electron chi connectivity index (χ2n) is 5.51. The van der Waals surface area contributed by atoms with Gasteiger partial charge in [0.2, 0.25) is 0 Å². The average molecular weight is 416 g/mol. The van der Waals surface area contributed by atoms with E-state index in [1.54, 1.807) is 30.3 Å². The molecule has 0 bridgehead atoms. The molecule has 1 fully saturated rings. The predicted octanol–water partition coefficient (Wildman–Crippen LogP) is 3.46. The molecule has 0 saturated carbocycles. The molecule has 2 aromatic rings. The fraction of sp³-hybridized carbons (Fsp3) is 0.0556. The maximum absolute atomic E-state index is 12.8. The fourth-order valence-corrected chi connectivity index (χ4v) is 3.72. The summed E-state index contributed by atoms with van der Waals surface area (Å²) in [5, 5.41) is 19.6. The first kappa shape index (κ1) is 19.5. The van der Waals surface area contributed by atoms with Gasteiger partial charge in [0.15, 0.2) is 10.9 Å². The van der Waals surface area contributed by atoms with Gasteiger partial charge >= 0.3 is 5.97 Å². The standard InChI is InChI=1S/C18H12N2O6S2/c21-16(22)10-26-14-4-2-1-3-11(14)9-15-17(23)19(18(27)28-15)12-5-7-13(8-6-12)20(24)25/h1-9H,10H2,(H,21,22)/b15-9-. The number of hydrogen-bond acceptors (Lipinski definition) is 7. The highest BCUT2D eigenvalue weighted by Gasteiger charge is 2.33. The maximum Gasteiger partial charge on any atom is 0.341 e. The molecule has 1 aliphatic rings. The first-order valence-electron chi connectivity index (χ1n) is 7.83. The summed E-state index contributed by atoms with van der Waals surface area (Å²) in [7, 11) is 0. The molecule has 0 aliphatic carbocycles. The third-order valence-corrected chi connectivity index (χ3v) is 4.97. The van der Waals surface area contributed by atoms with E-state index in [2.05, 4.69) is 0 Å². The largest absolute Gasteiger partial charge is 0.481 e. The number of amides is 1. The lowest BCUT2D eigenvalue weighted by Gasteiger charge is -2.14. The van der Waals surface area contributed by atoms with Crippen LogP contribution in [0.4, 0.5) is 11.4 Å². The number of carboxylic acid groups (broad SMARTS) is 1. The minimum Gasteiger partial charge on any atom is -0.481 e. The van der Waals surface area contributed by atoms with Crippen LogP contribution in [-0.2, 0) is 9.59 Å². The van der Waals surface area contributed by atoms with Crippen LogP contribution in [0.25, 0.3) is 6.08 Å². The van der Waals surface area contributed by atoms with Crippen molar-refractivity contribution in [3.05, 3.63) is 69.1 Å². The van der Waals surface area contributed by atoms with E-state index in [-0.39, 0.29) is 15.9 Å². The molecule has 0 atom stereocenters. The summed E-state index contributed by atoms with van der Waals surface area (Å²) in [4.78, 5) is 35.4. The summed E-state index contributed by atoms with van der Waals surface area (Å²) in [6.07, 6.45) is 1.57. The molecule has 142 valence electrons. The van der Waals surface area contributed by atoms with Crippen molar-refractivity contribution >= 4 is 57.6 Å². The Morgan fingerprint density at radius 2 is 1.93 bits per heavy atom. The Morgan fingerprint density at radius 1 is 1.25 bits per heavy atom. The summed E-state index contributed by atoms with van der Waals surface area (Å²) in [5.41, 5.74) is 0.870. The average Bonchev–Trinajstić information content (AvgIpc) is 2.94. The van der Waals surface area contributed by atoms with Crippen molar-refractivity contribution in [1.29, 1.82) is 0 Å². The smallest absolute Gasteiger partial charge is 0.341 e. The van der Waals surface area contributed by atoms with Gasteiger partial charge in [0.1, 0.15) is 5.75 Å². The molecule has 0 unspecified atom stereocenters. The van der Waals surface area contributed by atoms with Gasteiger partial charge in [-0.3, -0.25) is 19.8 Å². The van der Waals surface area contributed by atoms with Crippen molar-refractivity contribution in [1.82, 2.24) is 0 Å². The Balaban J connectivity index is 1.87. The van der Waals surface area contributed by atoms with E-state index >= 15 is 0 Å². The van der Waals surface area contributed by atoms with Crippen molar-refractivity contribution in [3.8, 4) is 5.75 Å². The molecular weight excluding hydrogens is 404 g/mol. The summed E-state index contributed by atoms with van der Waals surface area (Å²) in [6, 6.07) is 12.2. The van der Waals surface area contributed by atoms with Gasteiger partial charge in [-0.05, 0) is 24.3 Å².